The second-order valence-electron chi connectivity index (χ2n) is 5.51. The maximum absolute atomic E-state index is 6.12. The molecular formula is C14H28O. The Hall–Kier alpha value is -0.300. The van der Waals surface area contributed by atoms with Crippen LogP contribution in [0.15, 0.2) is 12.7 Å². The number of hydrogen-bond acceptors (Lipinski definition) is 1. The van der Waals surface area contributed by atoms with Crippen LogP contribution in [0.4, 0.5) is 0 Å². The van der Waals surface area contributed by atoms with E-state index in [1.807, 2.05) is 6.08 Å². The number of hydrogen-bond donors (Lipinski definition) is 0. The van der Waals surface area contributed by atoms with Crippen LogP contribution in [0, 0.1) is 11.8 Å². The monoisotopic (exact) mass is 212 g/mol. The van der Waals surface area contributed by atoms with Crippen molar-refractivity contribution >= 4 is 0 Å². The molecule has 0 bridgehead atoms. The molecule has 0 fully saturated rings. The summed E-state index contributed by atoms with van der Waals surface area (Å²) in [5.41, 5.74) is -0.0466. The summed E-state index contributed by atoms with van der Waals surface area (Å²) in [7, 11) is 0. The third-order valence-electron chi connectivity index (χ3n) is 2.87. The van der Waals surface area contributed by atoms with E-state index in [1.54, 1.807) is 0 Å². The Morgan fingerprint density at radius 2 is 1.80 bits per heavy atom. The molecule has 0 aromatic carbocycles. The maximum atomic E-state index is 6.12. The topological polar surface area (TPSA) is 9.23 Å². The zero-order valence-electron chi connectivity index (χ0n) is 11.3. The third-order valence-corrected chi connectivity index (χ3v) is 2.87. The number of allylic oxidation sites excluding steroid dienone is 1. The zero-order chi connectivity index (χ0) is 12.1. The summed E-state index contributed by atoms with van der Waals surface area (Å²) < 4.78 is 6.12. The van der Waals surface area contributed by atoms with Gasteiger partial charge in [-0.25, -0.2) is 0 Å². The lowest BCUT2D eigenvalue weighted by Crippen LogP contribution is -2.34. The summed E-state index contributed by atoms with van der Waals surface area (Å²) in [6.45, 7) is 16.9. The molecule has 0 heterocycles. The zero-order valence-corrected chi connectivity index (χ0v) is 11.3. The molecule has 0 N–H and O–H groups in total. The van der Waals surface area contributed by atoms with Gasteiger partial charge in [0, 0.05) is 0 Å². The van der Waals surface area contributed by atoms with Gasteiger partial charge in [-0.15, -0.1) is 6.58 Å². The van der Waals surface area contributed by atoms with E-state index < -0.39 is 0 Å². The molecule has 0 rings (SSSR count). The molecule has 0 aliphatic heterocycles. The Bertz CT molecular complexity index is 178. The lowest BCUT2D eigenvalue weighted by atomic mass is 9.88. The van der Waals surface area contributed by atoms with Gasteiger partial charge in [-0.3, -0.25) is 0 Å². The first-order valence-corrected chi connectivity index (χ1v) is 6.12. The molecule has 15 heavy (non-hydrogen) atoms. The van der Waals surface area contributed by atoms with E-state index >= 15 is 0 Å². The van der Waals surface area contributed by atoms with Crippen LogP contribution >= 0.6 is 0 Å². The van der Waals surface area contributed by atoms with Gasteiger partial charge in [0.05, 0.1) is 11.7 Å². The normalized spacial score (nSPS) is 18.3. The molecule has 0 aliphatic rings. The van der Waals surface area contributed by atoms with Crippen LogP contribution < -0.4 is 0 Å². The van der Waals surface area contributed by atoms with E-state index in [9.17, 15) is 0 Å². The van der Waals surface area contributed by atoms with Crippen LogP contribution in [-0.2, 0) is 4.74 Å². The van der Waals surface area contributed by atoms with E-state index in [4.69, 9.17) is 4.74 Å². The first-order valence-electron chi connectivity index (χ1n) is 6.12. The highest BCUT2D eigenvalue weighted by molar-refractivity contribution is 4.84. The highest BCUT2D eigenvalue weighted by Crippen LogP contribution is 2.26. The molecule has 90 valence electrons. The standard InChI is InChI=1S/C14H28O/c1-8-10-13(15-14(5,6)7)12(4)11(3)9-2/h9,11-13H,2,8,10H2,1,3-7H3/t11-,12-,13-/m0/s1. The summed E-state index contributed by atoms with van der Waals surface area (Å²) in [6, 6.07) is 0. The summed E-state index contributed by atoms with van der Waals surface area (Å²) in [6.07, 6.45) is 4.69. The number of rotatable bonds is 6. The fourth-order valence-electron chi connectivity index (χ4n) is 1.72. The Labute approximate surface area is 95.9 Å². The van der Waals surface area contributed by atoms with E-state index in [1.165, 1.54) is 6.42 Å². The summed E-state index contributed by atoms with van der Waals surface area (Å²) in [4.78, 5) is 0. The maximum Gasteiger partial charge on any atom is 0.0613 e. The van der Waals surface area contributed by atoms with Crippen molar-refractivity contribution in [2.24, 2.45) is 11.8 Å². The van der Waals surface area contributed by atoms with Gasteiger partial charge in [0.25, 0.3) is 0 Å². The van der Waals surface area contributed by atoms with Gasteiger partial charge in [0.15, 0.2) is 0 Å². The Morgan fingerprint density at radius 1 is 1.27 bits per heavy atom. The Morgan fingerprint density at radius 3 is 2.13 bits per heavy atom. The van der Waals surface area contributed by atoms with Gasteiger partial charge in [-0.1, -0.05) is 33.3 Å². The van der Waals surface area contributed by atoms with E-state index in [0.29, 0.717) is 17.9 Å². The Balaban J connectivity index is 4.43. The van der Waals surface area contributed by atoms with Crippen LogP contribution in [0.1, 0.15) is 54.4 Å². The summed E-state index contributed by atoms with van der Waals surface area (Å²) >= 11 is 0. The van der Waals surface area contributed by atoms with E-state index in [0.717, 1.165) is 6.42 Å². The SMILES string of the molecule is C=C[C@H](C)[C@H](C)[C@H](CCC)OC(C)(C)C. The molecule has 0 aromatic heterocycles. The number of ether oxygens (including phenoxy) is 1. The predicted molar refractivity (Wildman–Crippen MR) is 68.1 cm³/mol. The second kappa shape index (κ2) is 6.32. The fraction of sp³-hybridized carbons (Fsp3) is 0.857. The molecule has 0 amide bonds. The lowest BCUT2D eigenvalue weighted by Gasteiger charge is -2.33. The van der Waals surface area contributed by atoms with Gasteiger partial charge in [-0.05, 0) is 39.0 Å². The third kappa shape index (κ3) is 5.99. The first-order chi connectivity index (χ1) is 6.81. The highest BCUT2D eigenvalue weighted by atomic mass is 16.5. The largest absolute Gasteiger partial charge is 0.372 e. The van der Waals surface area contributed by atoms with Crippen molar-refractivity contribution < 1.29 is 4.74 Å². The Kier molecular flexibility index (Phi) is 6.19. The minimum Gasteiger partial charge on any atom is -0.372 e. The van der Waals surface area contributed by atoms with Gasteiger partial charge in [0.2, 0.25) is 0 Å². The second-order valence-corrected chi connectivity index (χ2v) is 5.51. The molecule has 0 saturated heterocycles. The minimum atomic E-state index is -0.0466. The van der Waals surface area contributed by atoms with Crippen LogP contribution in [0.25, 0.3) is 0 Å². The molecule has 0 saturated carbocycles. The molecule has 3 atom stereocenters. The lowest BCUT2D eigenvalue weighted by molar-refractivity contribution is -0.0909. The van der Waals surface area contributed by atoms with Crippen molar-refractivity contribution in [3.05, 3.63) is 12.7 Å². The van der Waals surface area contributed by atoms with E-state index in [-0.39, 0.29) is 5.60 Å². The predicted octanol–water partition coefficient (Wildman–Crippen LogP) is 4.43. The molecule has 0 aliphatic carbocycles. The molecule has 0 unspecified atom stereocenters. The van der Waals surface area contributed by atoms with Crippen molar-refractivity contribution in [1.29, 1.82) is 0 Å². The molecule has 1 heteroatoms. The summed E-state index contributed by atoms with van der Waals surface area (Å²) in [5.74, 6) is 1.06. The van der Waals surface area contributed by atoms with Crippen molar-refractivity contribution in [3.63, 3.8) is 0 Å². The van der Waals surface area contributed by atoms with Crippen molar-refractivity contribution in [3.8, 4) is 0 Å². The first kappa shape index (κ1) is 14.7. The van der Waals surface area contributed by atoms with Crippen molar-refractivity contribution in [1.82, 2.24) is 0 Å². The van der Waals surface area contributed by atoms with Crippen LogP contribution in [0.5, 0.6) is 0 Å². The van der Waals surface area contributed by atoms with Gasteiger partial charge < -0.3 is 4.74 Å². The van der Waals surface area contributed by atoms with E-state index in [2.05, 4.69) is 48.1 Å². The van der Waals surface area contributed by atoms with Crippen molar-refractivity contribution in [2.75, 3.05) is 0 Å². The van der Waals surface area contributed by atoms with Gasteiger partial charge in [0.1, 0.15) is 0 Å². The van der Waals surface area contributed by atoms with Gasteiger partial charge >= 0.3 is 0 Å². The average Bonchev–Trinajstić information content (AvgIpc) is 2.13. The molecule has 0 radical (unpaired) electrons. The molecule has 1 nitrogen and oxygen atoms in total. The highest BCUT2D eigenvalue weighted by Gasteiger charge is 2.25. The van der Waals surface area contributed by atoms with Crippen molar-refractivity contribution in [2.45, 2.75) is 66.1 Å². The average molecular weight is 212 g/mol. The molecule has 0 spiro atoms. The van der Waals surface area contributed by atoms with Crippen LogP contribution in [0.3, 0.4) is 0 Å². The van der Waals surface area contributed by atoms with Crippen LogP contribution in [-0.4, -0.2) is 11.7 Å². The van der Waals surface area contributed by atoms with Crippen LogP contribution in [0.2, 0.25) is 0 Å². The minimum absolute atomic E-state index is 0.0466. The smallest absolute Gasteiger partial charge is 0.0613 e. The summed E-state index contributed by atoms with van der Waals surface area (Å²) in [5, 5.41) is 0. The van der Waals surface area contributed by atoms with Gasteiger partial charge in [-0.2, -0.15) is 0 Å². The fourth-order valence-corrected chi connectivity index (χ4v) is 1.72. The quantitative estimate of drug-likeness (QED) is 0.592. The molecule has 0 aromatic rings. The molecular weight excluding hydrogens is 184 g/mol.